The predicted molar refractivity (Wildman–Crippen MR) is 189 cm³/mol. The molecule has 0 spiro atoms. The van der Waals surface area contributed by atoms with Crippen molar-refractivity contribution in [3.63, 3.8) is 0 Å². The third-order valence-electron chi connectivity index (χ3n) is 9.78. The van der Waals surface area contributed by atoms with Crippen LogP contribution in [0.25, 0.3) is 22.2 Å². The van der Waals surface area contributed by atoms with Gasteiger partial charge < -0.3 is 31.0 Å². The number of carbonyl (C=O) groups excluding carboxylic acids is 2. The molecule has 6 rings (SSSR count). The number of nitrogens with zero attached hydrogens (tertiary/aromatic N) is 1. The molecule has 1 saturated carbocycles. The summed E-state index contributed by atoms with van der Waals surface area (Å²) in [6.07, 6.45) is 3.48. The van der Waals surface area contributed by atoms with Crippen LogP contribution in [0.4, 0.5) is 10.5 Å². The second kappa shape index (κ2) is 14.9. The van der Waals surface area contributed by atoms with Crippen LogP contribution in [0.15, 0.2) is 70.4 Å². The second-order valence-corrected chi connectivity index (χ2v) is 15.2. The van der Waals surface area contributed by atoms with Crippen molar-refractivity contribution in [3.05, 3.63) is 82.3 Å². The zero-order chi connectivity index (χ0) is 35.4. The number of amides is 3. The van der Waals surface area contributed by atoms with E-state index in [1.165, 1.54) is 4.31 Å². The number of H-pyrrole nitrogens is 2. The largest absolute Gasteiger partial charge is 0.465 e. The third-order valence-corrected chi connectivity index (χ3v) is 11.7. The molecule has 0 radical (unpaired) electrons. The van der Waals surface area contributed by atoms with Crippen LogP contribution in [-0.4, -0.2) is 71.4 Å². The molecule has 3 aromatic carbocycles. The Labute approximate surface area is 289 Å². The van der Waals surface area contributed by atoms with Gasteiger partial charge in [0.1, 0.15) is 6.04 Å². The number of rotatable bonds is 11. The molecule has 2 fully saturated rings. The summed E-state index contributed by atoms with van der Waals surface area (Å²) in [5.74, 6) is -0.770. The molecular weight excluding hydrogens is 660 g/mol. The van der Waals surface area contributed by atoms with Gasteiger partial charge in [-0.1, -0.05) is 30.3 Å². The molecule has 2 aliphatic rings. The van der Waals surface area contributed by atoms with E-state index in [1.54, 1.807) is 30.3 Å². The number of hydrogen-bond acceptors (Lipinski definition) is 6. The van der Waals surface area contributed by atoms with E-state index < -0.39 is 28.1 Å². The van der Waals surface area contributed by atoms with Crippen LogP contribution in [-0.2, 0) is 26.0 Å². The van der Waals surface area contributed by atoms with Gasteiger partial charge in [-0.05, 0) is 104 Å². The van der Waals surface area contributed by atoms with Crippen molar-refractivity contribution in [2.24, 2.45) is 11.8 Å². The highest BCUT2D eigenvalue weighted by molar-refractivity contribution is 7.89. The Morgan fingerprint density at radius 3 is 2.30 bits per heavy atom. The minimum absolute atomic E-state index is 0.164. The first kappa shape index (κ1) is 34.9. The summed E-state index contributed by atoms with van der Waals surface area (Å²) >= 11 is 0. The molecule has 0 bridgehead atoms. The van der Waals surface area contributed by atoms with Crippen molar-refractivity contribution in [2.45, 2.75) is 62.8 Å². The summed E-state index contributed by atoms with van der Waals surface area (Å²) in [6.45, 7) is 3.32. The zero-order valence-electron chi connectivity index (χ0n) is 27.8. The number of nitrogens with one attached hydrogen (secondary N) is 5. The molecule has 1 aliphatic carbocycles. The van der Waals surface area contributed by atoms with Crippen LogP contribution in [0, 0.1) is 18.8 Å². The smallest absolute Gasteiger partial charge is 0.404 e. The fourth-order valence-electron chi connectivity index (χ4n) is 6.95. The van der Waals surface area contributed by atoms with Gasteiger partial charge in [0.25, 0.3) is 0 Å². The lowest BCUT2D eigenvalue weighted by molar-refractivity contribution is -0.130. The lowest BCUT2D eigenvalue weighted by Crippen LogP contribution is -2.48. The van der Waals surface area contributed by atoms with Crippen LogP contribution < -0.4 is 21.6 Å². The zero-order valence-corrected chi connectivity index (χ0v) is 28.6. The number of fused-ring (bicyclic) bond motifs is 1. The summed E-state index contributed by atoms with van der Waals surface area (Å²) in [4.78, 5) is 55.4. The Bertz CT molecular complexity index is 2040. The lowest BCUT2D eigenvalue weighted by atomic mass is 9.81. The summed E-state index contributed by atoms with van der Waals surface area (Å²) in [7, 11) is -3.53. The summed E-state index contributed by atoms with van der Waals surface area (Å²) in [5, 5.41) is 17.2. The number of imidazole rings is 1. The second-order valence-electron chi connectivity index (χ2n) is 13.3. The molecule has 1 aliphatic heterocycles. The maximum atomic E-state index is 13.7. The van der Waals surface area contributed by atoms with Gasteiger partial charge in [-0.25, -0.2) is 18.0 Å². The first-order valence-corrected chi connectivity index (χ1v) is 18.4. The van der Waals surface area contributed by atoms with Gasteiger partial charge in [0.15, 0.2) is 0 Å². The maximum absolute atomic E-state index is 13.7. The maximum Gasteiger partial charge on any atom is 0.404 e. The molecule has 1 atom stereocenters. The molecule has 264 valence electrons. The first-order valence-electron chi connectivity index (χ1n) is 17.0. The molecule has 0 unspecified atom stereocenters. The number of carbonyl (C=O) groups is 3. The molecular formula is C36H42N6O7S. The Morgan fingerprint density at radius 1 is 0.920 bits per heavy atom. The van der Waals surface area contributed by atoms with E-state index >= 15 is 0 Å². The van der Waals surface area contributed by atoms with Gasteiger partial charge in [0.2, 0.25) is 21.8 Å². The van der Waals surface area contributed by atoms with Crippen molar-refractivity contribution in [1.29, 1.82) is 0 Å². The number of benzene rings is 3. The number of sulfonamides is 1. The van der Waals surface area contributed by atoms with Crippen molar-refractivity contribution < 1.29 is 27.9 Å². The molecule has 1 aromatic heterocycles. The van der Waals surface area contributed by atoms with Crippen LogP contribution in [0.3, 0.4) is 0 Å². The fourth-order valence-corrected chi connectivity index (χ4v) is 8.56. The molecule has 14 heteroatoms. The van der Waals surface area contributed by atoms with Crippen molar-refractivity contribution in [3.8, 4) is 11.1 Å². The molecule has 1 saturated heterocycles. The monoisotopic (exact) mass is 702 g/mol. The summed E-state index contributed by atoms with van der Waals surface area (Å²) in [5.41, 5.74) is 4.68. The normalized spacial score (nSPS) is 18.8. The Balaban J connectivity index is 1.17. The summed E-state index contributed by atoms with van der Waals surface area (Å²) in [6, 6.07) is 16.9. The molecule has 4 aromatic rings. The minimum atomic E-state index is -3.53. The number of aryl methyl sites for hydroxylation is 1. The van der Waals surface area contributed by atoms with Gasteiger partial charge in [-0.15, -0.1) is 0 Å². The highest BCUT2D eigenvalue weighted by Gasteiger charge is 2.30. The van der Waals surface area contributed by atoms with E-state index in [1.807, 2.05) is 37.3 Å². The standard InChI is InChI=1S/C36H42N6O7S/c1-22-18-28(50(48,49)42-16-2-3-17-42)13-14-29(22)25-8-4-23(5-9-25)19-32(34(44)38-27-12-15-30-31(20-27)41-35(45)40-30)39-33(43)26-10-6-24(7-11-26)21-37-36(46)47/h4-5,8-9,12-15,18,20,24,26,32,37H,2-3,6-7,10-11,16-17,19,21H2,1H3,(H,38,44)(H,39,43)(H,46,47)(H2,40,41,45)/t24?,26?,32-/m0/s1. The van der Waals surface area contributed by atoms with E-state index in [9.17, 15) is 27.6 Å². The van der Waals surface area contributed by atoms with Crippen molar-refractivity contribution in [2.75, 3.05) is 25.0 Å². The molecule has 13 nitrogen and oxygen atoms in total. The minimum Gasteiger partial charge on any atom is -0.465 e. The van der Waals surface area contributed by atoms with Crippen molar-refractivity contribution in [1.82, 2.24) is 24.9 Å². The first-order chi connectivity index (χ1) is 24.0. The average molecular weight is 703 g/mol. The van der Waals surface area contributed by atoms with E-state index in [4.69, 9.17) is 5.11 Å². The lowest BCUT2D eigenvalue weighted by Gasteiger charge is -2.29. The molecule has 6 N–H and O–H groups in total. The van der Waals surface area contributed by atoms with E-state index in [-0.39, 0.29) is 34.7 Å². The van der Waals surface area contributed by atoms with Crippen LogP contribution >= 0.6 is 0 Å². The quantitative estimate of drug-likeness (QED) is 0.134. The SMILES string of the molecule is Cc1cc(S(=O)(=O)N2CCCC2)ccc1-c1ccc(C[C@H](NC(=O)C2CCC(CNC(=O)O)CC2)C(=O)Nc2ccc3[nH]c(=O)[nH]c3c2)cc1. The average Bonchev–Trinajstić information content (AvgIpc) is 3.78. The van der Waals surface area contributed by atoms with Crippen LogP contribution in [0.2, 0.25) is 0 Å². The fraction of sp³-hybridized carbons (Fsp3) is 0.389. The Kier molecular flexibility index (Phi) is 10.4. The van der Waals surface area contributed by atoms with Gasteiger partial charge in [-0.3, -0.25) is 9.59 Å². The van der Waals surface area contributed by atoms with Gasteiger partial charge in [0.05, 0.1) is 15.9 Å². The topological polar surface area (TPSA) is 194 Å². The molecule has 50 heavy (non-hydrogen) atoms. The summed E-state index contributed by atoms with van der Waals surface area (Å²) < 4.78 is 27.7. The highest BCUT2D eigenvalue weighted by Crippen LogP contribution is 2.30. The van der Waals surface area contributed by atoms with E-state index in [0.29, 0.717) is 62.0 Å². The number of carboxylic acid groups (broad SMARTS) is 1. The van der Waals surface area contributed by atoms with Crippen LogP contribution in [0.5, 0.6) is 0 Å². The van der Waals surface area contributed by atoms with E-state index in [2.05, 4.69) is 25.9 Å². The molecule has 3 amide bonds. The van der Waals surface area contributed by atoms with E-state index in [0.717, 1.165) is 35.1 Å². The Morgan fingerprint density at radius 2 is 1.62 bits per heavy atom. The Hall–Kier alpha value is -4.95. The highest BCUT2D eigenvalue weighted by atomic mass is 32.2. The third kappa shape index (κ3) is 8.08. The molecule has 2 heterocycles. The van der Waals surface area contributed by atoms with Crippen molar-refractivity contribution >= 4 is 44.7 Å². The number of aromatic nitrogens is 2. The predicted octanol–water partition coefficient (Wildman–Crippen LogP) is 4.36. The van der Waals surface area contributed by atoms with Gasteiger partial charge >= 0.3 is 11.8 Å². The number of hydrogen-bond donors (Lipinski definition) is 6. The van der Waals surface area contributed by atoms with Gasteiger partial charge in [0, 0.05) is 37.7 Å². The van der Waals surface area contributed by atoms with Gasteiger partial charge in [-0.2, -0.15) is 4.31 Å². The number of anilines is 1. The number of aromatic amines is 2. The van der Waals surface area contributed by atoms with Crippen LogP contribution in [0.1, 0.15) is 49.7 Å².